The van der Waals surface area contributed by atoms with E-state index < -0.39 is 0 Å². The maximum Gasteiger partial charge on any atom is 0.257 e. The van der Waals surface area contributed by atoms with Crippen LogP contribution in [-0.2, 0) is 0 Å². The summed E-state index contributed by atoms with van der Waals surface area (Å²) in [5.41, 5.74) is 2.24. The number of carbonyl (C=O) groups excluding carboxylic acids is 1. The summed E-state index contributed by atoms with van der Waals surface area (Å²) in [7, 11) is 0. The molecule has 11 heteroatoms. The van der Waals surface area contributed by atoms with Crippen molar-refractivity contribution in [3.05, 3.63) is 45.3 Å². The molecular weight excluding hydrogens is 549 g/mol. The second kappa shape index (κ2) is 11.9. The van der Waals surface area contributed by atoms with Crippen LogP contribution >= 0.6 is 45.9 Å². The summed E-state index contributed by atoms with van der Waals surface area (Å²) < 4.78 is 0. The minimum absolute atomic E-state index is 0.244. The lowest BCUT2D eigenvalue weighted by Gasteiger charge is -2.35. The zero-order valence-electron chi connectivity index (χ0n) is 20.8. The second-order valence-electron chi connectivity index (χ2n) is 9.47. The summed E-state index contributed by atoms with van der Waals surface area (Å²) in [4.78, 5) is 26.0. The number of hydrogen-bond acceptors (Lipinski definition) is 8. The molecule has 2 saturated heterocycles. The maximum absolute atomic E-state index is 13.2. The van der Waals surface area contributed by atoms with Crippen molar-refractivity contribution in [3.63, 3.8) is 0 Å². The Balaban J connectivity index is 1.33. The van der Waals surface area contributed by atoms with E-state index in [1.165, 1.54) is 11.3 Å². The molecule has 2 aliphatic rings. The van der Waals surface area contributed by atoms with E-state index in [0.717, 1.165) is 86.3 Å². The van der Waals surface area contributed by atoms with E-state index in [1.807, 2.05) is 17.5 Å². The molecule has 0 bridgehead atoms. The topological polar surface area (TPSA) is 71.9 Å². The third-order valence-corrected chi connectivity index (χ3v) is 9.46. The number of piperazine rings is 1. The average Bonchev–Trinajstić information content (AvgIpc) is 3.51. The van der Waals surface area contributed by atoms with Gasteiger partial charge in [-0.05, 0) is 50.1 Å². The maximum atomic E-state index is 13.2. The lowest BCUT2D eigenvalue weighted by molar-refractivity contribution is 0.102. The Hall–Kier alpha value is -1.88. The number of aromatic nitrogens is 1. The highest BCUT2D eigenvalue weighted by Gasteiger charge is 2.25. The lowest BCUT2D eigenvalue weighted by atomic mass is 10.1. The number of rotatable bonds is 7. The third-order valence-electron chi connectivity index (χ3n) is 6.84. The van der Waals surface area contributed by atoms with Crippen molar-refractivity contribution in [1.29, 1.82) is 0 Å². The van der Waals surface area contributed by atoms with Gasteiger partial charge in [-0.3, -0.25) is 15.0 Å². The van der Waals surface area contributed by atoms with Crippen LogP contribution < -0.4 is 15.1 Å². The Bertz CT molecular complexity index is 1230. The van der Waals surface area contributed by atoms with Crippen molar-refractivity contribution in [3.8, 4) is 10.6 Å². The van der Waals surface area contributed by atoms with Gasteiger partial charge in [0.25, 0.3) is 5.91 Å². The Morgan fingerprint density at radius 2 is 1.86 bits per heavy atom. The number of piperidine rings is 1. The number of anilines is 3. The molecule has 2 fully saturated rings. The van der Waals surface area contributed by atoms with E-state index in [0.29, 0.717) is 20.7 Å². The highest BCUT2D eigenvalue weighted by atomic mass is 35.5. The molecule has 0 unspecified atom stereocenters. The van der Waals surface area contributed by atoms with Gasteiger partial charge in [-0.15, -0.1) is 11.3 Å². The third kappa shape index (κ3) is 6.24. The number of nitrogens with one attached hydrogen (secondary N) is 1. The van der Waals surface area contributed by atoms with Gasteiger partial charge in [0.1, 0.15) is 10.7 Å². The Morgan fingerprint density at radius 1 is 1.11 bits per heavy atom. The van der Waals surface area contributed by atoms with Crippen LogP contribution in [0.2, 0.25) is 10.0 Å². The summed E-state index contributed by atoms with van der Waals surface area (Å²) in [6, 6.07) is 7.32. The number of carbonyl (C=O) groups is 1. The molecule has 198 valence electrons. The lowest BCUT2D eigenvalue weighted by Crippen LogP contribution is -2.46. The standard InChI is InChI=1S/C26H31Cl2N5O2S2/c1-2-7-31-10-12-33(13-11-31)25-23(22-15-18(27)16-36-22)29-26(37-25)30-24(35)17-3-4-21(20(28)14-17)32-8-5-19(34)6-9-32/h3-4,14-16,19,34H,2,5-13H2,1H3,(H,29,30,35). The fourth-order valence-electron chi connectivity index (χ4n) is 4.85. The van der Waals surface area contributed by atoms with Crippen molar-refractivity contribution in [2.75, 3.05) is 60.9 Å². The highest BCUT2D eigenvalue weighted by molar-refractivity contribution is 7.21. The SMILES string of the molecule is CCCN1CCN(c2sc(NC(=O)c3ccc(N4CCC(O)CC4)c(Cl)c3)nc2-c2cc(Cl)cs2)CC1. The van der Waals surface area contributed by atoms with Gasteiger partial charge < -0.3 is 14.9 Å². The molecule has 1 amide bonds. The van der Waals surface area contributed by atoms with E-state index in [1.54, 1.807) is 23.5 Å². The minimum atomic E-state index is -0.251. The van der Waals surface area contributed by atoms with Gasteiger partial charge in [0.2, 0.25) is 0 Å². The number of nitrogens with zero attached hydrogens (tertiary/aromatic N) is 4. The Kier molecular flexibility index (Phi) is 8.58. The first-order valence-corrected chi connectivity index (χ1v) is 15.1. The number of aliphatic hydroxyl groups excluding tert-OH is 1. The van der Waals surface area contributed by atoms with Crippen molar-refractivity contribution < 1.29 is 9.90 Å². The molecule has 0 radical (unpaired) electrons. The largest absolute Gasteiger partial charge is 0.393 e. The summed E-state index contributed by atoms with van der Waals surface area (Å²) in [5.74, 6) is -0.244. The van der Waals surface area contributed by atoms with Crippen LogP contribution in [-0.4, -0.2) is 72.8 Å². The molecule has 3 aromatic rings. The van der Waals surface area contributed by atoms with Gasteiger partial charge in [0, 0.05) is 50.2 Å². The van der Waals surface area contributed by atoms with Crippen LogP contribution in [0.15, 0.2) is 29.6 Å². The number of hydrogen-bond donors (Lipinski definition) is 2. The van der Waals surface area contributed by atoms with Gasteiger partial charge in [-0.1, -0.05) is 41.5 Å². The van der Waals surface area contributed by atoms with Crippen LogP contribution in [0, 0.1) is 0 Å². The number of aliphatic hydroxyl groups is 1. The second-order valence-corrected chi connectivity index (χ2v) is 12.2. The van der Waals surface area contributed by atoms with E-state index in [9.17, 15) is 9.90 Å². The Labute approximate surface area is 235 Å². The number of halogens is 2. The van der Waals surface area contributed by atoms with Crippen molar-refractivity contribution >= 4 is 67.6 Å². The normalized spacial score (nSPS) is 17.4. The smallest absolute Gasteiger partial charge is 0.257 e. The first-order chi connectivity index (χ1) is 17.9. The van der Waals surface area contributed by atoms with Crippen LogP contribution in [0.5, 0.6) is 0 Å². The summed E-state index contributed by atoms with van der Waals surface area (Å²) in [6.07, 6.45) is 2.34. The van der Waals surface area contributed by atoms with E-state index in [2.05, 4.69) is 26.9 Å². The minimum Gasteiger partial charge on any atom is -0.393 e. The molecule has 2 aromatic heterocycles. The number of amides is 1. The van der Waals surface area contributed by atoms with Crippen LogP contribution in [0.4, 0.5) is 15.8 Å². The zero-order valence-corrected chi connectivity index (χ0v) is 23.9. The quantitative estimate of drug-likeness (QED) is 0.362. The molecule has 4 heterocycles. The molecule has 5 rings (SSSR count). The van der Waals surface area contributed by atoms with Crippen molar-refractivity contribution in [2.45, 2.75) is 32.3 Å². The van der Waals surface area contributed by atoms with Crippen LogP contribution in [0.3, 0.4) is 0 Å². The molecule has 0 aliphatic carbocycles. The monoisotopic (exact) mass is 579 g/mol. The Morgan fingerprint density at radius 3 is 2.51 bits per heavy atom. The fraction of sp³-hybridized carbons (Fsp3) is 0.462. The van der Waals surface area contributed by atoms with Gasteiger partial charge in [-0.25, -0.2) is 4.98 Å². The van der Waals surface area contributed by atoms with E-state index in [4.69, 9.17) is 28.2 Å². The summed E-state index contributed by atoms with van der Waals surface area (Å²) in [6.45, 7) is 8.69. The van der Waals surface area contributed by atoms with Crippen LogP contribution in [0.1, 0.15) is 36.5 Å². The number of thiazole rings is 1. The molecule has 0 atom stereocenters. The molecule has 1 aromatic carbocycles. The van der Waals surface area contributed by atoms with E-state index in [-0.39, 0.29) is 12.0 Å². The molecule has 0 saturated carbocycles. The van der Waals surface area contributed by atoms with Gasteiger partial charge >= 0.3 is 0 Å². The predicted octanol–water partition coefficient (Wildman–Crippen LogP) is 5.92. The van der Waals surface area contributed by atoms with Crippen molar-refractivity contribution in [2.24, 2.45) is 0 Å². The zero-order chi connectivity index (χ0) is 25.9. The molecule has 2 aliphatic heterocycles. The van der Waals surface area contributed by atoms with E-state index >= 15 is 0 Å². The summed E-state index contributed by atoms with van der Waals surface area (Å²) >= 11 is 15.9. The van der Waals surface area contributed by atoms with Crippen molar-refractivity contribution in [1.82, 2.24) is 9.88 Å². The fourth-order valence-corrected chi connectivity index (χ4v) is 7.31. The molecule has 37 heavy (non-hydrogen) atoms. The highest BCUT2D eigenvalue weighted by Crippen LogP contribution is 2.42. The number of benzene rings is 1. The summed E-state index contributed by atoms with van der Waals surface area (Å²) in [5, 5.41) is 17.5. The van der Waals surface area contributed by atoms with Gasteiger partial charge in [0.05, 0.1) is 26.7 Å². The number of thiophene rings is 1. The first kappa shape index (κ1) is 26.7. The molecule has 2 N–H and O–H groups in total. The average molecular weight is 581 g/mol. The predicted molar refractivity (Wildman–Crippen MR) is 156 cm³/mol. The molecule has 7 nitrogen and oxygen atoms in total. The van der Waals surface area contributed by atoms with Gasteiger partial charge in [-0.2, -0.15) is 0 Å². The molecular formula is C26H31Cl2N5O2S2. The van der Waals surface area contributed by atoms with Crippen LogP contribution in [0.25, 0.3) is 10.6 Å². The molecule has 0 spiro atoms. The first-order valence-electron chi connectivity index (χ1n) is 12.7. The van der Waals surface area contributed by atoms with Gasteiger partial charge in [0.15, 0.2) is 5.13 Å².